The van der Waals surface area contributed by atoms with Crippen molar-refractivity contribution in [2.24, 2.45) is 0 Å². The second kappa shape index (κ2) is 10.7. The van der Waals surface area contributed by atoms with Crippen molar-refractivity contribution in [1.82, 2.24) is 0 Å². The van der Waals surface area contributed by atoms with Gasteiger partial charge in [-0.3, -0.25) is 0 Å². The van der Waals surface area contributed by atoms with Gasteiger partial charge in [0.2, 0.25) is 19.7 Å². The summed E-state index contributed by atoms with van der Waals surface area (Å²) in [6.45, 7) is 0. The molecule has 0 saturated heterocycles. The molecule has 0 atom stereocenters. The summed E-state index contributed by atoms with van der Waals surface area (Å²) in [5, 5.41) is 1.00. The Morgan fingerprint density at radius 1 is 0.412 bits per heavy atom. The van der Waals surface area contributed by atoms with Gasteiger partial charge in [0, 0.05) is 10.0 Å². The molecule has 4 nitrogen and oxygen atoms in total. The van der Waals surface area contributed by atoms with E-state index in [2.05, 4.69) is 0 Å². The van der Waals surface area contributed by atoms with Gasteiger partial charge in [-0.05, 0) is 97.1 Å². The van der Waals surface area contributed by atoms with Crippen LogP contribution in [-0.2, 0) is 19.7 Å². The number of benzene rings is 4. The highest BCUT2D eigenvalue weighted by molar-refractivity contribution is 7.91. The molecule has 0 amide bonds. The van der Waals surface area contributed by atoms with Crippen LogP contribution in [0.5, 0.6) is 0 Å². The number of hydrogen-bond donors (Lipinski definition) is 0. The lowest BCUT2D eigenvalue weighted by atomic mass is 10.3. The first-order valence-electron chi connectivity index (χ1n) is 9.52. The SMILES string of the molecule is O=S(=O)(c1ccc(Cl)cc1)c1ccc(Cl)cc1.O=S(=O)(c1ccc(F)cc1)c1ccc(F)cc1. The van der Waals surface area contributed by atoms with E-state index >= 15 is 0 Å². The second-order valence-electron chi connectivity index (χ2n) is 6.82. The molecule has 4 aromatic rings. The quantitative estimate of drug-likeness (QED) is 0.272. The Labute approximate surface area is 206 Å². The van der Waals surface area contributed by atoms with Crippen LogP contribution in [0.4, 0.5) is 8.78 Å². The van der Waals surface area contributed by atoms with Crippen LogP contribution in [0, 0.1) is 11.6 Å². The van der Waals surface area contributed by atoms with Gasteiger partial charge in [-0.1, -0.05) is 23.2 Å². The largest absolute Gasteiger partial charge is 0.219 e. The summed E-state index contributed by atoms with van der Waals surface area (Å²) in [6.07, 6.45) is 0. The molecule has 0 aromatic heterocycles. The molecule has 4 aromatic carbocycles. The van der Waals surface area contributed by atoms with Gasteiger partial charge in [0.1, 0.15) is 11.6 Å². The molecule has 4 rings (SSSR count). The van der Waals surface area contributed by atoms with Gasteiger partial charge in [-0.2, -0.15) is 0 Å². The van der Waals surface area contributed by atoms with Crippen LogP contribution in [0.1, 0.15) is 0 Å². The van der Waals surface area contributed by atoms with Crippen molar-refractivity contribution in [2.45, 2.75) is 19.6 Å². The first-order chi connectivity index (χ1) is 16.0. The van der Waals surface area contributed by atoms with E-state index in [-0.39, 0.29) is 19.6 Å². The zero-order chi connectivity index (χ0) is 24.9. The fourth-order valence-electron chi connectivity index (χ4n) is 2.73. The number of hydrogen-bond acceptors (Lipinski definition) is 4. The molecule has 0 fully saturated rings. The summed E-state index contributed by atoms with van der Waals surface area (Å²) in [6, 6.07) is 21.1. The summed E-state index contributed by atoms with van der Waals surface area (Å²) < 4.78 is 73.7. The summed E-state index contributed by atoms with van der Waals surface area (Å²) >= 11 is 11.4. The van der Waals surface area contributed by atoms with Crippen molar-refractivity contribution in [1.29, 1.82) is 0 Å². The summed E-state index contributed by atoms with van der Waals surface area (Å²) in [5.74, 6) is -1.02. The molecule has 0 aliphatic carbocycles. The van der Waals surface area contributed by atoms with Gasteiger partial charge in [-0.25, -0.2) is 25.6 Å². The van der Waals surface area contributed by atoms with Crippen LogP contribution in [0.25, 0.3) is 0 Å². The van der Waals surface area contributed by atoms with Crippen LogP contribution in [0.3, 0.4) is 0 Å². The van der Waals surface area contributed by atoms with E-state index in [1.54, 1.807) is 24.3 Å². The van der Waals surface area contributed by atoms with Crippen molar-refractivity contribution < 1.29 is 25.6 Å². The van der Waals surface area contributed by atoms with Crippen LogP contribution >= 0.6 is 23.2 Å². The number of sulfone groups is 2. The Hall–Kier alpha value is -2.78. The lowest BCUT2D eigenvalue weighted by Crippen LogP contribution is -2.01. The normalized spacial score (nSPS) is 11.4. The highest BCUT2D eigenvalue weighted by Crippen LogP contribution is 2.24. The molecule has 10 heteroatoms. The van der Waals surface area contributed by atoms with Crippen molar-refractivity contribution in [3.8, 4) is 0 Å². The van der Waals surface area contributed by atoms with Crippen LogP contribution < -0.4 is 0 Å². The van der Waals surface area contributed by atoms with E-state index in [0.29, 0.717) is 10.0 Å². The average molecular weight is 541 g/mol. The molecule has 176 valence electrons. The standard InChI is InChI=1S/C12H8Cl2O2S.C12H8F2O2S/c2*13-9-1-5-11(6-2-9)17(15,16)12-7-3-10(14)4-8-12/h2*1-8H. The zero-order valence-electron chi connectivity index (χ0n) is 17.2. The maximum Gasteiger partial charge on any atom is 0.206 e. The predicted molar refractivity (Wildman–Crippen MR) is 127 cm³/mol. The fourth-order valence-corrected chi connectivity index (χ4v) is 5.50. The molecule has 0 N–H and O–H groups in total. The topological polar surface area (TPSA) is 68.3 Å². The van der Waals surface area contributed by atoms with E-state index in [0.717, 1.165) is 24.3 Å². The van der Waals surface area contributed by atoms with Gasteiger partial charge < -0.3 is 0 Å². The summed E-state index contributed by atoms with van der Waals surface area (Å²) in [5.41, 5.74) is 0. The number of rotatable bonds is 4. The first kappa shape index (κ1) is 25.8. The fraction of sp³-hybridized carbons (Fsp3) is 0. The highest BCUT2D eigenvalue weighted by atomic mass is 35.5. The van der Waals surface area contributed by atoms with Crippen molar-refractivity contribution in [2.75, 3.05) is 0 Å². The molecule has 0 aliphatic heterocycles. The average Bonchev–Trinajstić information content (AvgIpc) is 2.81. The smallest absolute Gasteiger partial charge is 0.206 e. The van der Waals surface area contributed by atoms with Crippen molar-refractivity contribution in [3.05, 3.63) is 119 Å². The minimum Gasteiger partial charge on any atom is -0.219 e. The van der Waals surface area contributed by atoms with Gasteiger partial charge in [-0.15, -0.1) is 0 Å². The Morgan fingerprint density at radius 3 is 0.853 bits per heavy atom. The van der Waals surface area contributed by atoms with Crippen LogP contribution in [0.2, 0.25) is 10.0 Å². The Bertz CT molecular complexity index is 1250. The lowest BCUT2D eigenvalue weighted by Gasteiger charge is -2.04. The molecule has 0 bridgehead atoms. The number of halogens is 4. The van der Waals surface area contributed by atoms with E-state index in [1.807, 2.05) is 0 Å². The third kappa shape index (κ3) is 6.21. The molecular formula is C24H16Cl2F2O4S2. The van der Waals surface area contributed by atoms with Crippen molar-refractivity contribution >= 4 is 42.9 Å². The maximum absolute atomic E-state index is 12.7. The molecule has 0 heterocycles. The zero-order valence-corrected chi connectivity index (χ0v) is 20.3. The second-order valence-corrected chi connectivity index (χ2v) is 11.6. The summed E-state index contributed by atoms with van der Waals surface area (Å²) in [7, 11) is -7.20. The maximum atomic E-state index is 12.7. The Kier molecular flexibility index (Phi) is 8.09. The molecular weight excluding hydrogens is 525 g/mol. The third-order valence-corrected chi connectivity index (χ3v) is 8.57. The summed E-state index contributed by atoms with van der Waals surface area (Å²) in [4.78, 5) is 0.379. The molecule has 0 radical (unpaired) electrons. The third-order valence-electron chi connectivity index (χ3n) is 4.50. The van der Waals surface area contributed by atoms with Gasteiger partial charge in [0.05, 0.1) is 19.6 Å². The minimum atomic E-state index is -3.71. The lowest BCUT2D eigenvalue weighted by molar-refractivity contribution is 0.592. The highest BCUT2D eigenvalue weighted by Gasteiger charge is 2.18. The van der Waals surface area contributed by atoms with Gasteiger partial charge in [0.15, 0.2) is 0 Å². The van der Waals surface area contributed by atoms with Crippen LogP contribution in [0.15, 0.2) is 117 Å². The van der Waals surface area contributed by atoms with Gasteiger partial charge >= 0.3 is 0 Å². The van der Waals surface area contributed by atoms with E-state index in [1.165, 1.54) is 48.5 Å². The van der Waals surface area contributed by atoms with Crippen molar-refractivity contribution in [3.63, 3.8) is 0 Å². The molecule has 0 saturated carbocycles. The van der Waals surface area contributed by atoms with E-state index < -0.39 is 31.3 Å². The molecule has 34 heavy (non-hydrogen) atoms. The molecule has 0 unspecified atom stereocenters. The predicted octanol–water partition coefficient (Wildman–Crippen LogP) is 6.62. The van der Waals surface area contributed by atoms with E-state index in [4.69, 9.17) is 23.2 Å². The van der Waals surface area contributed by atoms with Crippen LogP contribution in [-0.4, -0.2) is 16.8 Å². The minimum absolute atomic E-state index is 0.0227. The van der Waals surface area contributed by atoms with E-state index in [9.17, 15) is 25.6 Å². The van der Waals surface area contributed by atoms with Gasteiger partial charge in [0.25, 0.3) is 0 Å². The first-order valence-corrected chi connectivity index (χ1v) is 13.2. The monoisotopic (exact) mass is 540 g/mol. The molecule has 0 aliphatic rings. The Morgan fingerprint density at radius 2 is 0.618 bits per heavy atom. The Balaban J connectivity index is 0.000000191. The molecule has 0 spiro atoms.